The quantitative estimate of drug-likeness (QED) is 0.495. The van der Waals surface area contributed by atoms with Crippen LogP contribution in [-0.4, -0.2) is 11.5 Å². The molecule has 1 rings (SSSR count). The molecule has 0 aromatic carbocycles. The number of pyridine rings is 1. The fourth-order valence-electron chi connectivity index (χ4n) is 0.686. The van der Waals surface area contributed by atoms with Crippen molar-refractivity contribution in [3.63, 3.8) is 0 Å². The van der Waals surface area contributed by atoms with Gasteiger partial charge in [0.25, 0.3) is 0 Å². The van der Waals surface area contributed by atoms with Crippen LogP contribution in [0, 0.1) is 17.8 Å². The first-order valence-electron chi connectivity index (χ1n) is 3.63. The average Bonchev–Trinajstić information content (AvgIpc) is 2.09. The Balaban J connectivity index is 2.66. The number of hydrogen-bond acceptors (Lipinski definition) is 2. The predicted octanol–water partition coefficient (Wildman–Crippen LogP) is 0.921. The van der Waals surface area contributed by atoms with Gasteiger partial charge in [-0.2, -0.15) is 4.39 Å². The minimum Gasteiger partial charge on any atom is -0.330 e. The van der Waals surface area contributed by atoms with Crippen LogP contribution < -0.4 is 5.73 Å². The highest BCUT2D eigenvalue weighted by atomic mass is 19.1. The molecule has 3 heteroatoms. The highest BCUT2D eigenvalue weighted by Crippen LogP contribution is 1.96. The SMILES string of the molecule is NCCC#Cc1ccc(F)nc1. The summed E-state index contributed by atoms with van der Waals surface area (Å²) < 4.78 is 12.3. The molecule has 0 saturated heterocycles. The second-order valence-electron chi connectivity index (χ2n) is 2.21. The summed E-state index contributed by atoms with van der Waals surface area (Å²) in [5.41, 5.74) is 5.95. The summed E-state index contributed by atoms with van der Waals surface area (Å²) in [5, 5.41) is 0. The Labute approximate surface area is 70.6 Å². The van der Waals surface area contributed by atoms with Crippen molar-refractivity contribution in [2.75, 3.05) is 6.54 Å². The standard InChI is InChI=1S/C9H9FN2/c10-9-5-4-8(7-12-9)3-1-2-6-11/h4-5,7H,2,6,11H2. The van der Waals surface area contributed by atoms with Gasteiger partial charge in [0.15, 0.2) is 0 Å². The zero-order valence-corrected chi connectivity index (χ0v) is 6.55. The predicted molar refractivity (Wildman–Crippen MR) is 44.7 cm³/mol. The molecule has 0 radical (unpaired) electrons. The molecule has 0 spiro atoms. The van der Waals surface area contributed by atoms with Gasteiger partial charge < -0.3 is 5.73 Å². The Hall–Kier alpha value is -1.40. The van der Waals surface area contributed by atoms with E-state index in [1.807, 2.05) is 0 Å². The van der Waals surface area contributed by atoms with Crippen molar-refractivity contribution in [2.45, 2.75) is 6.42 Å². The topological polar surface area (TPSA) is 38.9 Å². The summed E-state index contributed by atoms with van der Waals surface area (Å²) >= 11 is 0. The molecule has 2 N–H and O–H groups in total. The monoisotopic (exact) mass is 164 g/mol. The van der Waals surface area contributed by atoms with Gasteiger partial charge in [0.2, 0.25) is 5.95 Å². The number of halogens is 1. The van der Waals surface area contributed by atoms with Crippen molar-refractivity contribution in [3.05, 3.63) is 29.8 Å². The third-order valence-corrected chi connectivity index (χ3v) is 1.23. The summed E-state index contributed by atoms with van der Waals surface area (Å²) in [5.74, 6) is 5.16. The van der Waals surface area contributed by atoms with Gasteiger partial charge in [-0.25, -0.2) is 4.98 Å². The second-order valence-corrected chi connectivity index (χ2v) is 2.21. The summed E-state index contributed by atoms with van der Waals surface area (Å²) in [6.45, 7) is 0.543. The first-order chi connectivity index (χ1) is 5.83. The molecule has 0 fully saturated rings. The van der Waals surface area contributed by atoms with E-state index in [1.54, 1.807) is 6.07 Å². The molecule has 1 aromatic heterocycles. The maximum atomic E-state index is 12.3. The fraction of sp³-hybridized carbons (Fsp3) is 0.222. The molecule has 0 bridgehead atoms. The second kappa shape index (κ2) is 4.47. The minimum atomic E-state index is -0.487. The van der Waals surface area contributed by atoms with E-state index in [4.69, 9.17) is 5.73 Å². The lowest BCUT2D eigenvalue weighted by Crippen LogP contribution is -1.95. The smallest absolute Gasteiger partial charge is 0.212 e. The number of hydrogen-bond donors (Lipinski definition) is 1. The van der Waals surface area contributed by atoms with Crippen molar-refractivity contribution in [3.8, 4) is 11.8 Å². The first-order valence-corrected chi connectivity index (χ1v) is 3.63. The third-order valence-electron chi connectivity index (χ3n) is 1.23. The Morgan fingerprint density at radius 3 is 2.92 bits per heavy atom. The molecule has 2 nitrogen and oxygen atoms in total. The Bertz CT molecular complexity index is 295. The summed E-state index contributed by atoms with van der Waals surface area (Å²) in [4.78, 5) is 3.46. The molecule has 0 aliphatic heterocycles. The Kier molecular flexibility index (Phi) is 3.24. The highest BCUT2D eigenvalue weighted by Gasteiger charge is 1.88. The van der Waals surface area contributed by atoms with Crippen LogP contribution >= 0.6 is 0 Å². The molecule has 12 heavy (non-hydrogen) atoms. The summed E-state index contributed by atoms with van der Waals surface area (Å²) in [6, 6.07) is 2.87. The zero-order chi connectivity index (χ0) is 8.81. The molecular weight excluding hydrogens is 155 g/mol. The zero-order valence-electron chi connectivity index (χ0n) is 6.55. The lowest BCUT2D eigenvalue weighted by molar-refractivity contribution is 0.583. The maximum absolute atomic E-state index is 12.3. The van der Waals surface area contributed by atoms with Crippen molar-refractivity contribution in [2.24, 2.45) is 5.73 Å². The molecule has 62 valence electrons. The van der Waals surface area contributed by atoms with Gasteiger partial charge in [0.1, 0.15) is 0 Å². The van der Waals surface area contributed by atoms with Crippen molar-refractivity contribution >= 4 is 0 Å². The van der Waals surface area contributed by atoms with Crippen LogP contribution in [0.4, 0.5) is 4.39 Å². The van der Waals surface area contributed by atoms with Crippen LogP contribution in [0.15, 0.2) is 18.3 Å². The average molecular weight is 164 g/mol. The normalized spacial score (nSPS) is 8.83. The van der Waals surface area contributed by atoms with E-state index in [-0.39, 0.29) is 0 Å². The lowest BCUT2D eigenvalue weighted by Gasteiger charge is -1.87. The van der Waals surface area contributed by atoms with Gasteiger partial charge in [-0.1, -0.05) is 11.8 Å². The number of nitrogens with zero attached hydrogens (tertiary/aromatic N) is 1. The Morgan fingerprint density at radius 1 is 1.50 bits per heavy atom. The molecule has 0 unspecified atom stereocenters. The minimum absolute atomic E-state index is 0.487. The molecule has 1 heterocycles. The van der Waals surface area contributed by atoms with E-state index in [9.17, 15) is 4.39 Å². The maximum Gasteiger partial charge on any atom is 0.212 e. The molecular formula is C9H9FN2. The summed E-state index contributed by atoms with van der Waals surface area (Å²) in [7, 11) is 0. The van der Waals surface area contributed by atoms with Crippen molar-refractivity contribution < 1.29 is 4.39 Å². The number of rotatable bonds is 1. The highest BCUT2D eigenvalue weighted by molar-refractivity contribution is 5.31. The van der Waals surface area contributed by atoms with Crippen molar-refractivity contribution in [1.29, 1.82) is 0 Å². The van der Waals surface area contributed by atoms with E-state index >= 15 is 0 Å². The van der Waals surface area contributed by atoms with Gasteiger partial charge in [0, 0.05) is 24.7 Å². The number of nitrogens with two attached hydrogens (primary N) is 1. The van der Waals surface area contributed by atoms with Crippen LogP contribution in [0.2, 0.25) is 0 Å². The van der Waals surface area contributed by atoms with Gasteiger partial charge in [-0.3, -0.25) is 0 Å². The largest absolute Gasteiger partial charge is 0.330 e. The van der Waals surface area contributed by atoms with Gasteiger partial charge in [0.05, 0.1) is 0 Å². The third kappa shape index (κ3) is 2.69. The molecule has 0 amide bonds. The van der Waals surface area contributed by atoms with E-state index < -0.39 is 5.95 Å². The molecule has 0 atom stereocenters. The molecule has 0 aliphatic carbocycles. The first kappa shape index (κ1) is 8.69. The van der Waals surface area contributed by atoms with E-state index in [0.717, 1.165) is 0 Å². The Morgan fingerprint density at radius 2 is 2.33 bits per heavy atom. The van der Waals surface area contributed by atoms with E-state index in [2.05, 4.69) is 16.8 Å². The van der Waals surface area contributed by atoms with Crippen LogP contribution in [0.3, 0.4) is 0 Å². The molecule has 0 aliphatic rings. The lowest BCUT2D eigenvalue weighted by atomic mass is 10.3. The van der Waals surface area contributed by atoms with Crippen molar-refractivity contribution in [1.82, 2.24) is 4.98 Å². The summed E-state index contributed by atoms with van der Waals surface area (Å²) in [6.07, 6.45) is 2.05. The van der Waals surface area contributed by atoms with Crippen LogP contribution in [0.5, 0.6) is 0 Å². The molecule has 0 saturated carbocycles. The van der Waals surface area contributed by atoms with E-state index in [1.165, 1.54) is 12.3 Å². The van der Waals surface area contributed by atoms with Gasteiger partial charge in [-0.05, 0) is 12.1 Å². The fourth-order valence-corrected chi connectivity index (χ4v) is 0.686. The molecule has 1 aromatic rings. The van der Waals surface area contributed by atoms with Gasteiger partial charge in [-0.15, -0.1) is 0 Å². The van der Waals surface area contributed by atoms with Crippen LogP contribution in [-0.2, 0) is 0 Å². The van der Waals surface area contributed by atoms with Crippen LogP contribution in [0.1, 0.15) is 12.0 Å². The van der Waals surface area contributed by atoms with E-state index in [0.29, 0.717) is 18.5 Å². The number of aromatic nitrogens is 1. The van der Waals surface area contributed by atoms with Crippen LogP contribution in [0.25, 0.3) is 0 Å². The van der Waals surface area contributed by atoms with Gasteiger partial charge >= 0.3 is 0 Å².